The Kier molecular flexibility index (Phi) is 4.78. The summed E-state index contributed by atoms with van der Waals surface area (Å²) in [5, 5.41) is 0. The molecule has 2 aromatic rings. The molecule has 2 aromatic carbocycles. The molecule has 0 aromatic heterocycles. The molecule has 25 heavy (non-hydrogen) atoms. The summed E-state index contributed by atoms with van der Waals surface area (Å²) in [6.45, 7) is 10.4. The summed E-state index contributed by atoms with van der Waals surface area (Å²) in [7, 11) is 0. The van der Waals surface area contributed by atoms with Gasteiger partial charge in [-0.15, -0.1) is 0 Å². The first kappa shape index (κ1) is 18.2. The van der Waals surface area contributed by atoms with Gasteiger partial charge in [-0.25, -0.2) is 0 Å². The third-order valence-corrected chi connectivity index (χ3v) is 5.61. The Bertz CT molecular complexity index is 671. The second-order valence-corrected chi connectivity index (χ2v) is 9.07. The molecule has 0 bridgehead atoms. The predicted octanol–water partition coefficient (Wildman–Crippen LogP) is 4.78. The lowest BCUT2D eigenvalue weighted by Crippen LogP contribution is -2.68. The smallest absolute Gasteiger partial charge is 0.0244 e. The highest BCUT2D eigenvalue weighted by Gasteiger charge is 2.50. The molecule has 0 amide bonds. The van der Waals surface area contributed by atoms with Gasteiger partial charge >= 0.3 is 0 Å². The van der Waals surface area contributed by atoms with E-state index >= 15 is 0 Å². The van der Waals surface area contributed by atoms with Gasteiger partial charge in [0.15, 0.2) is 0 Å². The van der Waals surface area contributed by atoms with Crippen LogP contribution in [0.5, 0.6) is 0 Å². The van der Waals surface area contributed by atoms with Crippen molar-refractivity contribution < 1.29 is 0 Å². The largest absolute Gasteiger partial charge is 0.325 e. The maximum Gasteiger partial charge on any atom is 0.0244 e. The van der Waals surface area contributed by atoms with Gasteiger partial charge in [0.05, 0.1) is 0 Å². The van der Waals surface area contributed by atoms with E-state index in [0.29, 0.717) is 0 Å². The van der Waals surface area contributed by atoms with Crippen molar-refractivity contribution in [2.75, 3.05) is 0 Å². The Hall–Kier alpha value is -1.64. The predicted molar refractivity (Wildman–Crippen MR) is 106 cm³/mol. The Morgan fingerprint density at radius 3 is 1.68 bits per heavy atom. The lowest BCUT2D eigenvalue weighted by molar-refractivity contribution is -0.0666. The molecule has 1 saturated heterocycles. The van der Waals surface area contributed by atoms with Gasteiger partial charge in [0.25, 0.3) is 0 Å². The summed E-state index contributed by atoms with van der Waals surface area (Å²) in [6.07, 6.45) is 2.95. The van der Waals surface area contributed by atoms with E-state index in [2.05, 4.69) is 93.3 Å². The van der Waals surface area contributed by atoms with Crippen LogP contribution >= 0.6 is 0 Å². The fourth-order valence-corrected chi connectivity index (χ4v) is 5.12. The van der Waals surface area contributed by atoms with Crippen molar-refractivity contribution in [1.29, 1.82) is 0 Å². The molecule has 0 atom stereocenters. The molecule has 2 heteroatoms. The van der Waals surface area contributed by atoms with E-state index in [1.165, 1.54) is 11.1 Å². The average Bonchev–Trinajstić information content (AvgIpc) is 2.51. The number of nitrogens with two attached hydrogens (primary N) is 1. The van der Waals surface area contributed by atoms with Crippen LogP contribution in [0.15, 0.2) is 60.7 Å². The molecule has 3 rings (SSSR count). The highest BCUT2D eigenvalue weighted by atomic mass is 15.3. The summed E-state index contributed by atoms with van der Waals surface area (Å²) in [5.41, 5.74) is 9.63. The van der Waals surface area contributed by atoms with Crippen LogP contribution in [0.25, 0.3) is 0 Å². The van der Waals surface area contributed by atoms with Crippen LogP contribution in [0, 0.1) is 0 Å². The zero-order valence-corrected chi connectivity index (χ0v) is 16.1. The standard InChI is InChI=1S/C23H32N2/c1-21(2)17-23(24,15-19-11-7-5-8-12-19)18-22(3,4)25(21)16-20-13-9-6-10-14-20/h5-14H,15-18,24H2,1-4H3. The lowest BCUT2D eigenvalue weighted by Gasteiger charge is -2.59. The van der Waals surface area contributed by atoms with Gasteiger partial charge in [-0.3, -0.25) is 4.90 Å². The van der Waals surface area contributed by atoms with Crippen molar-refractivity contribution in [1.82, 2.24) is 4.90 Å². The number of rotatable bonds is 4. The quantitative estimate of drug-likeness (QED) is 0.870. The van der Waals surface area contributed by atoms with Crippen LogP contribution in [-0.4, -0.2) is 21.5 Å². The summed E-state index contributed by atoms with van der Waals surface area (Å²) in [5.74, 6) is 0. The van der Waals surface area contributed by atoms with Crippen molar-refractivity contribution in [3.63, 3.8) is 0 Å². The van der Waals surface area contributed by atoms with Gasteiger partial charge in [-0.1, -0.05) is 60.7 Å². The van der Waals surface area contributed by atoms with Crippen molar-refractivity contribution in [3.8, 4) is 0 Å². The molecular formula is C23H32N2. The van der Waals surface area contributed by atoms with Crippen LogP contribution in [0.2, 0.25) is 0 Å². The van der Waals surface area contributed by atoms with Crippen molar-refractivity contribution in [2.45, 2.75) is 70.1 Å². The molecule has 1 fully saturated rings. The average molecular weight is 337 g/mol. The van der Waals surface area contributed by atoms with Gasteiger partial charge in [-0.05, 0) is 58.1 Å². The Labute approximate surface area is 153 Å². The fourth-order valence-electron chi connectivity index (χ4n) is 5.12. The summed E-state index contributed by atoms with van der Waals surface area (Å²) in [4.78, 5) is 2.64. The summed E-state index contributed by atoms with van der Waals surface area (Å²) in [6, 6.07) is 21.5. The van der Waals surface area contributed by atoms with Crippen molar-refractivity contribution in [2.24, 2.45) is 5.73 Å². The zero-order chi connectivity index (χ0) is 18.1. The first-order valence-electron chi connectivity index (χ1n) is 9.35. The van der Waals surface area contributed by atoms with E-state index < -0.39 is 0 Å². The minimum atomic E-state index is -0.165. The van der Waals surface area contributed by atoms with Crippen LogP contribution < -0.4 is 5.73 Å². The maximum absolute atomic E-state index is 6.97. The number of benzene rings is 2. The van der Waals surface area contributed by atoms with E-state index in [1.54, 1.807) is 0 Å². The molecule has 1 heterocycles. The third-order valence-electron chi connectivity index (χ3n) is 5.61. The van der Waals surface area contributed by atoms with Crippen LogP contribution in [-0.2, 0) is 13.0 Å². The van der Waals surface area contributed by atoms with Crippen LogP contribution in [0.1, 0.15) is 51.7 Å². The van der Waals surface area contributed by atoms with E-state index in [-0.39, 0.29) is 16.6 Å². The van der Waals surface area contributed by atoms with Gasteiger partial charge < -0.3 is 5.73 Å². The molecule has 2 nitrogen and oxygen atoms in total. The van der Waals surface area contributed by atoms with Crippen LogP contribution in [0.3, 0.4) is 0 Å². The number of likely N-dealkylation sites (tertiary alicyclic amines) is 1. The normalized spacial score (nSPS) is 21.8. The molecular weight excluding hydrogens is 304 g/mol. The topological polar surface area (TPSA) is 29.3 Å². The zero-order valence-electron chi connectivity index (χ0n) is 16.1. The van der Waals surface area contributed by atoms with E-state index in [0.717, 1.165) is 25.8 Å². The summed E-state index contributed by atoms with van der Waals surface area (Å²) < 4.78 is 0. The molecule has 0 spiro atoms. The second-order valence-electron chi connectivity index (χ2n) is 9.07. The summed E-state index contributed by atoms with van der Waals surface area (Å²) >= 11 is 0. The molecule has 0 unspecified atom stereocenters. The number of piperidine rings is 1. The molecule has 0 aliphatic carbocycles. The lowest BCUT2D eigenvalue weighted by atomic mass is 9.67. The number of hydrogen-bond acceptors (Lipinski definition) is 2. The minimum absolute atomic E-state index is 0.0567. The molecule has 0 saturated carbocycles. The number of hydrogen-bond donors (Lipinski definition) is 1. The maximum atomic E-state index is 6.97. The monoisotopic (exact) mass is 336 g/mol. The second kappa shape index (κ2) is 6.59. The Morgan fingerprint density at radius 2 is 1.20 bits per heavy atom. The van der Waals surface area contributed by atoms with Gasteiger partial charge in [0.2, 0.25) is 0 Å². The SMILES string of the molecule is CC1(C)CC(N)(Cc2ccccc2)CC(C)(C)N1Cc1ccccc1. The first-order valence-corrected chi connectivity index (χ1v) is 9.35. The van der Waals surface area contributed by atoms with Crippen molar-refractivity contribution >= 4 is 0 Å². The van der Waals surface area contributed by atoms with Gasteiger partial charge in [0, 0.05) is 23.2 Å². The van der Waals surface area contributed by atoms with E-state index in [4.69, 9.17) is 5.73 Å². The fraction of sp³-hybridized carbons (Fsp3) is 0.478. The van der Waals surface area contributed by atoms with E-state index in [1.807, 2.05) is 0 Å². The Balaban J connectivity index is 1.83. The van der Waals surface area contributed by atoms with Crippen LogP contribution in [0.4, 0.5) is 0 Å². The molecule has 1 aliphatic heterocycles. The van der Waals surface area contributed by atoms with Gasteiger partial charge in [0.1, 0.15) is 0 Å². The Morgan fingerprint density at radius 1 is 0.760 bits per heavy atom. The number of nitrogens with zero attached hydrogens (tertiary/aromatic N) is 1. The van der Waals surface area contributed by atoms with E-state index in [9.17, 15) is 0 Å². The van der Waals surface area contributed by atoms with Gasteiger partial charge in [-0.2, -0.15) is 0 Å². The molecule has 2 N–H and O–H groups in total. The highest BCUT2D eigenvalue weighted by Crippen LogP contribution is 2.44. The molecule has 1 aliphatic rings. The minimum Gasteiger partial charge on any atom is -0.325 e. The van der Waals surface area contributed by atoms with Crippen molar-refractivity contribution in [3.05, 3.63) is 71.8 Å². The molecule has 134 valence electrons. The molecule has 0 radical (unpaired) electrons. The highest BCUT2D eigenvalue weighted by molar-refractivity contribution is 5.22. The third kappa shape index (κ3) is 4.13. The first-order chi connectivity index (χ1) is 11.7.